The summed E-state index contributed by atoms with van der Waals surface area (Å²) in [6.45, 7) is 0.358. The molecule has 0 fully saturated rings. The number of anilines is 1. The Hall–Kier alpha value is -3.61. The number of benzene rings is 2. The number of hydrogen-bond donors (Lipinski definition) is 2. The Bertz CT molecular complexity index is 967. The molecule has 0 bridgehead atoms. The van der Waals surface area contributed by atoms with Crippen molar-refractivity contribution in [1.29, 1.82) is 0 Å². The molecule has 7 heteroatoms. The van der Waals surface area contributed by atoms with Gasteiger partial charge in [0.1, 0.15) is 5.75 Å². The highest BCUT2D eigenvalue weighted by Gasteiger charge is 2.18. The molecule has 0 radical (unpaired) electrons. The zero-order chi connectivity index (χ0) is 17.9. The third-order valence-electron chi connectivity index (χ3n) is 4.09. The molecule has 4 rings (SSSR count). The second-order valence-corrected chi connectivity index (χ2v) is 5.83. The van der Waals surface area contributed by atoms with Gasteiger partial charge in [-0.25, -0.2) is 4.98 Å². The summed E-state index contributed by atoms with van der Waals surface area (Å²) in [4.78, 5) is 28.0. The van der Waals surface area contributed by atoms with Gasteiger partial charge in [0.15, 0.2) is 6.61 Å². The van der Waals surface area contributed by atoms with Crippen LogP contribution in [0.25, 0.3) is 5.69 Å². The first kappa shape index (κ1) is 15.9. The molecule has 2 amide bonds. The van der Waals surface area contributed by atoms with Gasteiger partial charge in [-0.05, 0) is 29.8 Å². The van der Waals surface area contributed by atoms with E-state index in [4.69, 9.17) is 4.74 Å². The minimum Gasteiger partial charge on any atom is -0.482 e. The predicted molar refractivity (Wildman–Crippen MR) is 95.3 cm³/mol. The molecule has 3 aromatic rings. The fourth-order valence-corrected chi connectivity index (χ4v) is 2.82. The highest BCUT2D eigenvalue weighted by Crippen LogP contribution is 2.28. The van der Waals surface area contributed by atoms with E-state index in [-0.39, 0.29) is 18.4 Å². The minimum atomic E-state index is -0.232. The first-order valence-electron chi connectivity index (χ1n) is 8.12. The SMILES string of the molecule is O=C1COc2ccc(C(=O)NCc3ccccc3-n3ccnc3)cc2N1. The summed E-state index contributed by atoms with van der Waals surface area (Å²) in [5.74, 6) is 0.101. The number of nitrogens with zero attached hydrogens (tertiary/aromatic N) is 2. The quantitative estimate of drug-likeness (QED) is 0.756. The van der Waals surface area contributed by atoms with Crippen molar-refractivity contribution in [2.24, 2.45) is 0 Å². The maximum Gasteiger partial charge on any atom is 0.262 e. The number of carbonyl (C=O) groups is 2. The van der Waals surface area contributed by atoms with E-state index in [9.17, 15) is 9.59 Å². The second kappa shape index (κ2) is 6.72. The predicted octanol–water partition coefficient (Wildman–Crippen LogP) is 2.13. The lowest BCUT2D eigenvalue weighted by Crippen LogP contribution is -2.27. The number of ether oxygens (including phenoxy) is 1. The molecule has 1 aromatic heterocycles. The van der Waals surface area contributed by atoms with E-state index in [1.165, 1.54) is 0 Å². The van der Waals surface area contributed by atoms with Crippen LogP contribution in [0.3, 0.4) is 0 Å². The summed E-state index contributed by atoms with van der Waals surface area (Å²) in [6.07, 6.45) is 5.28. The molecule has 26 heavy (non-hydrogen) atoms. The van der Waals surface area contributed by atoms with E-state index in [0.29, 0.717) is 23.5 Å². The van der Waals surface area contributed by atoms with E-state index in [2.05, 4.69) is 15.6 Å². The Morgan fingerprint density at radius 2 is 2.15 bits per heavy atom. The molecule has 0 saturated carbocycles. The molecule has 7 nitrogen and oxygen atoms in total. The van der Waals surface area contributed by atoms with E-state index in [0.717, 1.165) is 11.3 Å². The Labute approximate surface area is 149 Å². The molecular weight excluding hydrogens is 332 g/mol. The molecular formula is C19H16N4O3. The molecule has 0 aliphatic carbocycles. The van der Waals surface area contributed by atoms with Gasteiger partial charge in [-0.1, -0.05) is 18.2 Å². The van der Waals surface area contributed by atoms with Gasteiger partial charge >= 0.3 is 0 Å². The standard InChI is InChI=1S/C19H16N4O3/c24-18-11-26-17-6-5-13(9-15(17)22-18)19(25)21-10-14-3-1-2-4-16(14)23-8-7-20-12-23/h1-9,12H,10-11H2,(H,21,25)(H,22,24). The number of nitrogens with one attached hydrogen (secondary N) is 2. The van der Waals surface area contributed by atoms with Gasteiger partial charge in [0, 0.05) is 24.5 Å². The Kier molecular flexibility index (Phi) is 4.10. The summed E-state index contributed by atoms with van der Waals surface area (Å²) in [5.41, 5.74) is 2.88. The van der Waals surface area contributed by atoms with Crippen LogP contribution in [0.2, 0.25) is 0 Å². The van der Waals surface area contributed by atoms with Gasteiger partial charge in [-0.15, -0.1) is 0 Å². The van der Waals surface area contributed by atoms with Crippen molar-refractivity contribution in [3.05, 3.63) is 72.3 Å². The number of hydrogen-bond acceptors (Lipinski definition) is 4. The second-order valence-electron chi connectivity index (χ2n) is 5.83. The van der Waals surface area contributed by atoms with Crippen LogP contribution in [0.5, 0.6) is 5.75 Å². The number of amides is 2. The zero-order valence-corrected chi connectivity index (χ0v) is 13.8. The maximum atomic E-state index is 12.5. The Morgan fingerprint density at radius 1 is 1.27 bits per heavy atom. The zero-order valence-electron chi connectivity index (χ0n) is 13.8. The van der Waals surface area contributed by atoms with Crippen molar-refractivity contribution >= 4 is 17.5 Å². The maximum absolute atomic E-state index is 12.5. The summed E-state index contributed by atoms with van der Waals surface area (Å²) in [7, 11) is 0. The number of para-hydroxylation sites is 1. The van der Waals surface area contributed by atoms with Crippen molar-refractivity contribution in [3.8, 4) is 11.4 Å². The molecule has 2 N–H and O–H groups in total. The molecule has 0 atom stereocenters. The monoisotopic (exact) mass is 348 g/mol. The van der Waals surface area contributed by atoms with E-state index in [1.54, 1.807) is 30.7 Å². The van der Waals surface area contributed by atoms with Gasteiger partial charge in [0.2, 0.25) is 0 Å². The fraction of sp³-hybridized carbons (Fsp3) is 0.105. The van der Waals surface area contributed by atoms with Crippen molar-refractivity contribution in [2.45, 2.75) is 6.54 Å². The van der Waals surface area contributed by atoms with Crippen LogP contribution in [0.1, 0.15) is 15.9 Å². The first-order valence-corrected chi connectivity index (χ1v) is 8.12. The highest BCUT2D eigenvalue weighted by atomic mass is 16.5. The number of carbonyl (C=O) groups excluding carboxylic acids is 2. The summed E-state index contributed by atoms with van der Waals surface area (Å²) in [5, 5.41) is 5.61. The number of aromatic nitrogens is 2. The van der Waals surface area contributed by atoms with Crippen LogP contribution in [-0.2, 0) is 11.3 Å². The van der Waals surface area contributed by atoms with Crippen molar-refractivity contribution in [3.63, 3.8) is 0 Å². The molecule has 130 valence electrons. The highest BCUT2D eigenvalue weighted by molar-refractivity contribution is 5.99. The molecule has 0 spiro atoms. The van der Waals surface area contributed by atoms with Crippen molar-refractivity contribution in [1.82, 2.24) is 14.9 Å². The topological polar surface area (TPSA) is 85.2 Å². The Balaban J connectivity index is 1.50. The van der Waals surface area contributed by atoms with Crippen LogP contribution < -0.4 is 15.4 Å². The summed E-state index contributed by atoms with van der Waals surface area (Å²) >= 11 is 0. The van der Waals surface area contributed by atoms with Crippen LogP contribution in [-0.4, -0.2) is 28.0 Å². The van der Waals surface area contributed by atoms with Crippen LogP contribution in [0.4, 0.5) is 5.69 Å². The number of rotatable bonds is 4. The fourth-order valence-electron chi connectivity index (χ4n) is 2.82. The van der Waals surface area contributed by atoms with E-state index in [1.807, 2.05) is 35.0 Å². The average Bonchev–Trinajstić information content (AvgIpc) is 3.20. The lowest BCUT2D eigenvalue weighted by Gasteiger charge is -2.18. The van der Waals surface area contributed by atoms with Gasteiger partial charge in [-0.2, -0.15) is 0 Å². The van der Waals surface area contributed by atoms with Gasteiger partial charge in [0.25, 0.3) is 11.8 Å². The third kappa shape index (κ3) is 3.14. The lowest BCUT2D eigenvalue weighted by molar-refractivity contribution is -0.118. The summed E-state index contributed by atoms with van der Waals surface area (Å²) < 4.78 is 7.20. The van der Waals surface area contributed by atoms with Crippen molar-refractivity contribution < 1.29 is 14.3 Å². The van der Waals surface area contributed by atoms with Gasteiger partial charge in [-0.3, -0.25) is 9.59 Å². The lowest BCUT2D eigenvalue weighted by atomic mass is 10.1. The van der Waals surface area contributed by atoms with Gasteiger partial charge in [0.05, 0.1) is 17.7 Å². The van der Waals surface area contributed by atoms with Gasteiger partial charge < -0.3 is 19.9 Å². The molecule has 0 unspecified atom stereocenters. The first-order chi connectivity index (χ1) is 12.7. The average molecular weight is 348 g/mol. The minimum absolute atomic E-state index is 0.0103. The molecule has 1 aliphatic heterocycles. The molecule has 0 saturated heterocycles. The molecule has 1 aliphatic rings. The molecule has 2 aromatic carbocycles. The number of fused-ring (bicyclic) bond motifs is 1. The van der Waals surface area contributed by atoms with E-state index >= 15 is 0 Å². The largest absolute Gasteiger partial charge is 0.482 e. The van der Waals surface area contributed by atoms with Crippen LogP contribution >= 0.6 is 0 Å². The van der Waals surface area contributed by atoms with Crippen molar-refractivity contribution in [2.75, 3.05) is 11.9 Å². The normalized spacial score (nSPS) is 12.7. The summed E-state index contributed by atoms with van der Waals surface area (Å²) in [6, 6.07) is 12.8. The van der Waals surface area contributed by atoms with Crippen LogP contribution in [0, 0.1) is 0 Å². The smallest absolute Gasteiger partial charge is 0.262 e. The number of imidazole rings is 1. The van der Waals surface area contributed by atoms with Crippen LogP contribution in [0.15, 0.2) is 61.2 Å². The Morgan fingerprint density at radius 3 is 3.00 bits per heavy atom. The van der Waals surface area contributed by atoms with E-state index < -0.39 is 0 Å². The molecule has 2 heterocycles. The third-order valence-corrected chi connectivity index (χ3v) is 4.09.